The van der Waals surface area contributed by atoms with Crippen molar-refractivity contribution in [3.8, 4) is 17.6 Å². The average Bonchev–Trinajstić information content (AvgIpc) is 2.37. The second kappa shape index (κ2) is 8.13. The second-order valence-electron chi connectivity index (χ2n) is 4.08. The summed E-state index contributed by atoms with van der Waals surface area (Å²) in [7, 11) is -3.09. The highest BCUT2D eigenvalue weighted by atomic mass is 35.5. The van der Waals surface area contributed by atoms with Crippen molar-refractivity contribution in [2.75, 3.05) is 24.0 Å². The molecule has 1 aromatic rings. The molecule has 0 aromatic heterocycles. The summed E-state index contributed by atoms with van der Waals surface area (Å²) in [6.07, 6.45) is 0.574. The van der Waals surface area contributed by atoms with Gasteiger partial charge in [0.2, 0.25) is 0 Å². The van der Waals surface area contributed by atoms with Gasteiger partial charge in [0.15, 0.2) is 9.84 Å². The number of hydrogen-bond acceptors (Lipinski definition) is 3. The Morgan fingerprint density at radius 2 is 2.10 bits per heavy atom. The van der Waals surface area contributed by atoms with Crippen molar-refractivity contribution in [2.45, 2.75) is 13.3 Å². The fourth-order valence-corrected chi connectivity index (χ4v) is 2.75. The summed E-state index contributed by atoms with van der Waals surface area (Å²) in [5.74, 6) is 5.10. The molecule has 0 N–H and O–H groups in total. The van der Waals surface area contributed by atoms with Crippen LogP contribution >= 0.6 is 11.6 Å². The van der Waals surface area contributed by atoms with Crippen molar-refractivity contribution in [3.05, 3.63) is 29.6 Å². The van der Waals surface area contributed by atoms with E-state index in [1.54, 1.807) is 13.0 Å². The molecule has 0 aliphatic rings. The summed E-state index contributed by atoms with van der Waals surface area (Å²) in [6.45, 7) is 1.81. The van der Waals surface area contributed by atoms with Crippen molar-refractivity contribution < 1.29 is 17.5 Å². The first-order valence-corrected chi connectivity index (χ1v) is 8.51. The first-order valence-electron chi connectivity index (χ1n) is 6.16. The highest BCUT2D eigenvalue weighted by Gasteiger charge is 2.10. The van der Waals surface area contributed by atoms with Crippen molar-refractivity contribution in [1.29, 1.82) is 0 Å². The molecule has 0 heterocycles. The second-order valence-corrected chi connectivity index (χ2v) is 6.65. The third-order valence-electron chi connectivity index (χ3n) is 2.41. The van der Waals surface area contributed by atoms with E-state index in [0.717, 1.165) is 0 Å². The molecule has 0 atom stereocenters. The molecule has 0 spiro atoms. The topological polar surface area (TPSA) is 43.4 Å². The van der Waals surface area contributed by atoms with Crippen molar-refractivity contribution >= 4 is 21.4 Å². The summed E-state index contributed by atoms with van der Waals surface area (Å²) >= 11 is 5.39. The van der Waals surface area contributed by atoms with Gasteiger partial charge in [-0.3, -0.25) is 0 Å². The molecule has 0 saturated carbocycles. The SMILES string of the molecule is CCCS(=O)(=O)CCOc1ccc(C#CCCl)c(F)c1. The molecule has 0 aliphatic carbocycles. The molecule has 3 nitrogen and oxygen atoms in total. The van der Waals surface area contributed by atoms with Crippen LogP contribution in [0.4, 0.5) is 4.39 Å². The van der Waals surface area contributed by atoms with Gasteiger partial charge in [-0.15, -0.1) is 11.6 Å². The normalized spacial score (nSPS) is 10.8. The van der Waals surface area contributed by atoms with Gasteiger partial charge in [-0.25, -0.2) is 12.8 Å². The van der Waals surface area contributed by atoms with Crippen LogP contribution in [0.25, 0.3) is 0 Å². The molecule has 1 rings (SSSR count). The van der Waals surface area contributed by atoms with Crippen LogP contribution in [0.1, 0.15) is 18.9 Å². The Balaban J connectivity index is 2.60. The fourth-order valence-electron chi connectivity index (χ4n) is 1.52. The van der Waals surface area contributed by atoms with Gasteiger partial charge in [-0.2, -0.15) is 0 Å². The first kappa shape index (κ1) is 16.8. The number of ether oxygens (including phenoxy) is 1. The van der Waals surface area contributed by atoms with Gasteiger partial charge >= 0.3 is 0 Å². The Morgan fingerprint density at radius 1 is 1.35 bits per heavy atom. The molecule has 0 amide bonds. The summed E-state index contributed by atoms with van der Waals surface area (Å²) in [5.41, 5.74) is 0.233. The van der Waals surface area contributed by atoms with Crippen LogP contribution in [0.2, 0.25) is 0 Å². The molecule has 0 saturated heterocycles. The van der Waals surface area contributed by atoms with E-state index in [4.69, 9.17) is 16.3 Å². The number of benzene rings is 1. The Kier molecular flexibility index (Phi) is 6.83. The molecule has 0 bridgehead atoms. The number of rotatable bonds is 6. The van der Waals surface area contributed by atoms with Gasteiger partial charge in [0.25, 0.3) is 0 Å². The highest BCUT2D eigenvalue weighted by Crippen LogP contribution is 2.16. The predicted octanol–water partition coefficient (Wildman–Crippen LogP) is 2.62. The van der Waals surface area contributed by atoms with Crippen LogP contribution in [-0.2, 0) is 9.84 Å². The maximum absolute atomic E-state index is 13.6. The van der Waals surface area contributed by atoms with Gasteiger partial charge < -0.3 is 4.74 Å². The minimum atomic E-state index is -3.09. The Hall–Kier alpha value is -1.25. The van der Waals surface area contributed by atoms with Crippen LogP contribution in [0.5, 0.6) is 5.75 Å². The Morgan fingerprint density at radius 3 is 2.70 bits per heavy atom. The summed E-state index contributed by atoms with van der Waals surface area (Å²) in [5, 5.41) is 0. The summed E-state index contributed by atoms with van der Waals surface area (Å²) < 4.78 is 41.8. The lowest BCUT2D eigenvalue weighted by Crippen LogP contribution is -2.16. The van der Waals surface area contributed by atoms with E-state index in [1.807, 2.05) is 0 Å². The zero-order valence-electron chi connectivity index (χ0n) is 11.2. The van der Waals surface area contributed by atoms with E-state index in [9.17, 15) is 12.8 Å². The van der Waals surface area contributed by atoms with Crippen LogP contribution in [-0.4, -0.2) is 32.4 Å². The van der Waals surface area contributed by atoms with Crippen molar-refractivity contribution in [2.24, 2.45) is 0 Å². The quantitative estimate of drug-likeness (QED) is 0.598. The van der Waals surface area contributed by atoms with Crippen molar-refractivity contribution in [3.63, 3.8) is 0 Å². The fraction of sp³-hybridized carbons (Fsp3) is 0.429. The monoisotopic (exact) mass is 318 g/mol. The molecule has 6 heteroatoms. The molecule has 0 radical (unpaired) electrons. The molecule has 0 aliphatic heterocycles. The maximum atomic E-state index is 13.6. The van der Waals surface area contributed by atoms with Crippen molar-refractivity contribution in [1.82, 2.24) is 0 Å². The third-order valence-corrected chi connectivity index (χ3v) is 4.36. The van der Waals surface area contributed by atoms with Gasteiger partial charge in [-0.05, 0) is 18.6 Å². The van der Waals surface area contributed by atoms with Crippen LogP contribution < -0.4 is 4.74 Å². The molecule has 0 unspecified atom stereocenters. The number of halogens is 2. The minimum absolute atomic E-state index is 0.00841. The van der Waals surface area contributed by atoms with Gasteiger partial charge in [0.05, 0.1) is 22.9 Å². The van der Waals surface area contributed by atoms with Gasteiger partial charge in [-0.1, -0.05) is 18.8 Å². The Labute approximate surface area is 124 Å². The first-order chi connectivity index (χ1) is 9.48. The predicted molar refractivity (Wildman–Crippen MR) is 78.4 cm³/mol. The minimum Gasteiger partial charge on any atom is -0.492 e. The van der Waals surface area contributed by atoms with Gasteiger partial charge in [0, 0.05) is 6.07 Å². The Bertz CT molecular complexity index is 603. The average molecular weight is 319 g/mol. The maximum Gasteiger partial charge on any atom is 0.153 e. The molecular formula is C14H16ClFO3S. The smallest absolute Gasteiger partial charge is 0.153 e. The number of hydrogen-bond donors (Lipinski definition) is 0. The lowest BCUT2D eigenvalue weighted by Gasteiger charge is -2.07. The van der Waals surface area contributed by atoms with E-state index in [2.05, 4.69) is 11.8 Å². The number of sulfone groups is 1. The molecule has 20 heavy (non-hydrogen) atoms. The molecule has 0 fully saturated rings. The van der Waals surface area contributed by atoms with E-state index >= 15 is 0 Å². The highest BCUT2D eigenvalue weighted by molar-refractivity contribution is 7.91. The third kappa shape index (κ3) is 5.81. The van der Waals surface area contributed by atoms with E-state index in [-0.39, 0.29) is 35.3 Å². The number of alkyl halides is 1. The standard InChI is InChI=1S/C14H16ClFO3S/c1-2-9-20(17,18)10-8-19-13-6-5-12(4-3-7-15)14(16)11-13/h5-6,11H,2,7-10H2,1H3. The lowest BCUT2D eigenvalue weighted by molar-refractivity contribution is 0.339. The molecule has 110 valence electrons. The zero-order valence-corrected chi connectivity index (χ0v) is 12.7. The van der Waals surface area contributed by atoms with E-state index < -0.39 is 15.7 Å². The summed E-state index contributed by atoms with van der Waals surface area (Å²) in [4.78, 5) is 0. The lowest BCUT2D eigenvalue weighted by atomic mass is 10.2. The van der Waals surface area contributed by atoms with Crippen LogP contribution in [0, 0.1) is 17.7 Å². The van der Waals surface area contributed by atoms with Crippen LogP contribution in [0.15, 0.2) is 18.2 Å². The van der Waals surface area contributed by atoms with Crippen LogP contribution in [0.3, 0.4) is 0 Å². The van der Waals surface area contributed by atoms with E-state index in [0.29, 0.717) is 6.42 Å². The summed E-state index contributed by atoms with van der Waals surface area (Å²) in [6, 6.07) is 4.21. The molecule has 1 aromatic carbocycles. The van der Waals surface area contributed by atoms with E-state index in [1.165, 1.54) is 12.1 Å². The molecular weight excluding hydrogens is 303 g/mol. The largest absolute Gasteiger partial charge is 0.492 e. The zero-order chi connectivity index (χ0) is 15.0. The van der Waals surface area contributed by atoms with Gasteiger partial charge in [0.1, 0.15) is 18.2 Å².